The van der Waals surface area contributed by atoms with E-state index in [1.165, 1.54) is 11.1 Å². The highest BCUT2D eigenvalue weighted by Gasteiger charge is 2.43. The fourth-order valence-electron chi connectivity index (χ4n) is 2.04. The molecule has 1 aliphatic heterocycles. The van der Waals surface area contributed by atoms with E-state index >= 15 is 0 Å². The molecule has 7 heteroatoms. The number of anilines is 1. The highest BCUT2D eigenvalue weighted by Crippen LogP contribution is 2.21. The third-order valence-corrected chi connectivity index (χ3v) is 3.48. The molecule has 1 saturated heterocycles. The van der Waals surface area contributed by atoms with Gasteiger partial charge in [0.2, 0.25) is 5.91 Å². The largest absolute Gasteiger partial charge is 0.363 e. The molecule has 21 heavy (non-hydrogen) atoms. The van der Waals surface area contributed by atoms with Crippen LogP contribution in [0.5, 0.6) is 0 Å². The van der Waals surface area contributed by atoms with Crippen LogP contribution >= 0.6 is 0 Å². The Morgan fingerprint density at radius 1 is 1.33 bits per heavy atom. The molecule has 3 amide bonds. The lowest BCUT2D eigenvalue weighted by Crippen LogP contribution is -2.65. The molecule has 2 heterocycles. The van der Waals surface area contributed by atoms with E-state index < -0.39 is 17.4 Å². The first-order valence-corrected chi connectivity index (χ1v) is 6.53. The van der Waals surface area contributed by atoms with E-state index in [4.69, 9.17) is 0 Å². The standard InChI is InChI=1S/C14H18N4O3/c1-14(2)13(21)16-11(19)8-18(14)12(20)9-5-6-10(15-7-9)17(3)4/h5-7H,8H2,1-4H3,(H,16,19,21). The summed E-state index contributed by atoms with van der Waals surface area (Å²) >= 11 is 0. The van der Waals surface area contributed by atoms with Crippen LogP contribution < -0.4 is 10.2 Å². The average molecular weight is 290 g/mol. The summed E-state index contributed by atoms with van der Waals surface area (Å²) in [6.07, 6.45) is 1.45. The quantitative estimate of drug-likeness (QED) is 0.777. The Labute approximate surface area is 122 Å². The minimum absolute atomic E-state index is 0.146. The number of hydrogen-bond acceptors (Lipinski definition) is 5. The second kappa shape index (κ2) is 5.16. The summed E-state index contributed by atoms with van der Waals surface area (Å²) in [6.45, 7) is 3.07. The van der Waals surface area contributed by atoms with Crippen LogP contribution in [0.2, 0.25) is 0 Å². The SMILES string of the molecule is CN(C)c1ccc(C(=O)N2CC(=O)NC(=O)C2(C)C)cn1. The van der Waals surface area contributed by atoms with E-state index in [9.17, 15) is 14.4 Å². The van der Waals surface area contributed by atoms with Gasteiger partial charge in [-0.1, -0.05) is 0 Å². The molecule has 0 aliphatic carbocycles. The molecular formula is C14H18N4O3. The number of aromatic nitrogens is 1. The number of carbonyl (C=O) groups excluding carboxylic acids is 3. The first-order valence-electron chi connectivity index (χ1n) is 6.53. The van der Waals surface area contributed by atoms with Crippen molar-refractivity contribution >= 4 is 23.5 Å². The van der Waals surface area contributed by atoms with E-state index in [0.29, 0.717) is 5.56 Å². The Bertz CT molecular complexity index is 593. The average Bonchev–Trinajstić information content (AvgIpc) is 2.42. The summed E-state index contributed by atoms with van der Waals surface area (Å²) in [7, 11) is 3.70. The van der Waals surface area contributed by atoms with Gasteiger partial charge in [-0.15, -0.1) is 0 Å². The van der Waals surface area contributed by atoms with Crippen LogP contribution in [0.15, 0.2) is 18.3 Å². The van der Waals surface area contributed by atoms with Crippen LogP contribution in [0.3, 0.4) is 0 Å². The first kappa shape index (κ1) is 15.0. The van der Waals surface area contributed by atoms with Gasteiger partial charge in [0, 0.05) is 20.3 Å². The molecule has 1 aromatic heterocycles. The minimum atomic E-state index is -1.08. The van der Waals surface area contributed by atoms with Gasteiger partial charge in [-0.2, -0.15) is 0 Å². The topological polar surface area (TPSA) is 82.6 Å². The number of piperazine rings is 1. The zero-order valence-corrected chi connectivity index (χ0v) is 12.5. The van der Waals surface area contributed by atoms with Gasteiger partial charge in [0.1, 0.15) is 17.9 Å². The summed E-state index contributed by atoms with van der Waals surface area (Å²) in [6, 6.07) is 3.35. The van der Waals surface area contributed by atoms with Crippen LogP contribution in [-0.4, -0.2) is 53.8 Å². The van der Waals surface area contributed by atoms with Crippen molar-refractivity contribution in [2.75, 3.05) is 25.5 Å². The van der Waals surface area contributed by atoms with Crippen LogP contribution in [0.1, 0.15) is 24.2 Å². The van der Waals surface area contributed by atoms with E-state index in [-0.39, 0.29) is 12.5 Å². The van der Waals surface area contributed by atoms with Crippen molar-refractivity contribution in [2.45, 2.75) is 19.4 Å². The first-order chi connectivity index (χ1) is 9.73. The summed E-state index contributed by atoms with van der Waals surface area (Å²) in [5, 5.41) is 2.24. The predicted molar refractivity (Wildman–Crippen MR) is 76.8 cm³/mol. The third kappa shape index (κ3) is 2.72. The molecular weight excluding hydrogens is 272 g/mol. The fraction of sp³-hybridized carbons (Fsp3) is 0.429. The van der Waals surface area contributed by atoms with Gasteiger partial charge < -0.3 is 9.80 Å². The summed E-state index contributed by atoms with van der Waals surface area (Å²) in [4.78, 5) is 43.2. The molecule has 0 aromatic carbocycles. The Kier molecular flexibility index (Phi) is 3.67. The molecule has 1 fully saturated rings. The van der Waals surface area contributed by atoms with Crippen molar-refractivity contribution in [3.63, 3.8) is 0 Å². The molecule has 0 saturated carbocycles. The van der Waals surface area contributed by atoms with E-state index in [1.54, 1.807) is 26.0 Å². The Morgan fingerprint density at radius 3 is 2.52 bits per heavy atom. The number of nitrogens with zero attached hydrogens (tertiary/aromatic N) is 3. The van der Waals surface area contributed by atoms with Crippen LogP contribution in [-0.2, 0) is 9.59 Å². The number of rotatable bonds is 2. The number of nitrogens with one attached hydrogen (secondary N) is 1. The molecule has 0 bridgehead atoms. The molecule has 0 atom stereocenters. The predicted octanol–water partition coefficient (Wildman–Crippen LogP) is 0.0248. The fourth-order valence-corrected chi connectivity index (χ4v) is 2.04. The second-order valence-electron chi connectivity index (χ2n) is 5.63. The van der Waals surface area contributed by atoms with E-state index in [0.717, 1.165) is 5.82 Å². The monoisotopic (exact) mass is 290 g/mol. The Balaban J connectivity index is 2.29. The zero-order valence-electron chi connectivity index (χ0n) is 12.5. The number of carbonyl (C=O) groups is 3. The van der Waals surface area contributed by atoms with Gasteiger partial charge in [0.25, 0.3) is 11.8 Å². The van der Waals surface area contributed by atoms with Crippen molar-refractivity contribution in [1.82, 2.24) is 15.2 Å². The molecule has 0 spiro atoms. The van der Waals surface area contributed by atoms with Gasteiger partial charge in [0.05, 0.1) is 5.56 Å². The molecule has 2 rings (SSSR count). The molecule has 1 N–H and O–H groups in total. The third-order valence-electron chi connectivity index (χ3n) is 3.48. The smallest absolute Gasteiger partial charge is 0.256 e. The van der Waals surface area contributed by atoms with Gasteiger partial charge in [0.15, 0.2) is 0 Å². The summed E-state index contributed by atoms with van der Waals surface area (Å²) < 4.78 is 0. The minimum Gasteiger partial charge on any atom is -0.363 e. The van der Waals surface area contributed by atoms with Crippen molar-refractivity contribution < 1.29 is 14.4 Å². The Hall–Kier alpha value is -2.44. The molecule has 7 nitrogen and oxygen atoms in total. The van der Waals surface area contributed by atoms with Crippen molar-refractivity contribution in [1.29, 1.82) is 0 Å². The second-order valence-corrected chi connectivity index (χ2v) is 5.63. The summed E-state index contributed by atoms with van der Waals surface area (Å²) in [5.41, 5.74) is -0.734. The normalized spacial score (nSPS) is 17.4. The molecule has 112 valence electrons. The van der Waals surface area contributed by atoms with Crippen LogP contribution in [0.4, 0.5) is 5.82 Å². The number of hydrogen-bond donors (Lipinski definition) is 1. The maximum Gasteiger partial charge on any atom is 0.256 e. The Morgan fingerprint density at radius 2 is 2.00 bits per heavy atom. The molecule has 0 unspecified atom stereocenters. The molecule has 1 aromatic rings. The van der Waals surface area contributed by atoms with Crippen LogP contribution in [0, 0.1) is 0 Å². The summed E-state index contributed by atoms with van der Waals surface area (Å²) in [5.74, 6) is -0.630. The van der Waals surface area contributed by atoms with Gasteiger partial charge >= 0.3 is 0 Å². The lowest BCUT2D eigenvalue weighted by molar-refractivity contribution is -0.143. The van der Waals surface area contributed by atoms with Crippen molar-refractivity contribution in [2.24, 2.45) is 0 Å². The highest BCUT2D eigenvalue weighted by atomic mass is 16.2. The van der Waals surface area contributed by atoms with Crippen molar-refractivity contribution in [3.05, 3.63) is 23.9 Å². The van der Waals surface area contributed by atoms with E-state index in [1.807, 2.05) is 19.0 Å². The molecule has 1 aliphatic rings. The van der Waals surface area contributed by atoms with Gasteiger partial charge in [-0.3, -0.25) is 19.7 Å². The highest BCUT2D eigenvalue weighted by molar-refractivity contribution is 6.08. The number of amides is 3. The number of imide groups is 1. The number of pyridine rings is 1. The lowest BCUT2D eigenvalue weighted by atomic mass is 9.97. The van der Waals surface area contributed by atoms with Crippen LogP contribution in [0.25, 0.3) is 0 Å². The zero-order chi connectivity index (χ0) is 15.8. The maximum absolute atomic E-state index is 12.5. The van der Waals surface area contributed by atoms with Crippen molar-refractivity contribution in [3.8, 4) is 0 Å². The van der Waals surface area contributed by atoms with Gasteiger partial charge in [-0.25, -0.2) is 4.98 Å². The van der Waals surface area contributed by atoms with Gasteiger partial charge in [-0.05, 0) is 26.0 Å². The maximum atomic E-state index is 12.5. The van der Waals surface area contributed by atoms with E-state index in [2.05, 4.69) is 10.3 Å². The molecule has 0 radical (unpaired) electrons. The lowest BCUT2D eigenvalue weighted by Gasteiger charge is -2.40.